The maximum absolute atomic E-state index is 12.4. The molecule has 100 valence electrons. The molecular formula is C15H12N2O3. The van der Waals surface area contributed by atoms with Crippen LogP contribution in [0, 0.1) is 5.92 Å². The number of likely N-dealkylation sites (tertiary alicyclic amines) is 1. The van der Waals surface area contributed by atoms with Gasteiger partial charge in [-0.05, 0) is 6.07 Å². The van der Waals surface area contributed by atoms with Gasteiger partial charge in [-0.15, -0.1) is 0 Å². The smallest absolute Gasteiger partial charge is 0.238 e. The average Bonchev–Trinajstić information content (AvgIpc) is 2.92. The van der Waals surface area contributed by atoms with Crippen molar-refractivity contribution in [2.24, 2.45) is 5.92 Å². The molecule has 1 fully saturated rings. The van der Waals surface area contributed by atoms with Crippen molar-refractivity contribution in [2.75, 3.05) is 7.05 Å². The summed E-state index contributed by atoms with van der Waals surface area (Å²) in [7, 11) is 1.48. The number of ketones is 1. The van der Waals surface area contributed by atoms with E-state index < -0.39 is 11.8 Å². The number of H-pyrrole nitrogens is 1. The maximum atomic E-state index is 12.4. The molecule has 0 bridgehead atoms. The Balaban J connectivity index is 2.02. The molecule has 2 aromatic rings. The largest absolute Gasteiger partial charge is 0.357 e. The highest BCUT2D eigenvalue weighted by Crippen LogP contribution is 2.44. The Kier molecular flexibility index (Phi) is 2.03. The van der Waals surface area contributed by atoms with Crippen molar-refractivity contribution >= 4 is 28.5 Å². The summed E-state index contributed by atoms with van der Waals surface area (Å²) in [5, 5.41) is 0.834. The molecule has 1 aliphatic carbocycles. The molecule has 1 aliphatic heterocycles. The number of carbonyl (C=O) groups excluding carboxylic acids is 3. The van der Waals surface area contributed by atoms with Crippen molar-refractivity contribution in [3.05, 3.63) is 35.5 Å². The van der Waals surface area contributed by atoms with Gasteiger partial charge in [-0.3, -0.25) is 19.3 Å². The minimum absolute atomic E-state index is 0.0600. The van der Waals surface area contributed by atoms with Crippen molar-refractivity contribution in [1.29, 1.82) is 0 Å². The highest BCUT2D eigenvalue weighted by molar-refractivity contribution is 6.17. The Morgan fingerprint density at radius 3 is 2.70 bits per heavy atom. The number of aromatic amines is 1. The van der Waals surface area contributed by atoms with Gasteiger partial charge in [-0.25, -0.2) is 0 Å². The standard InChI is InChI=1S/C15H12N2O3/c1-17-14(19)8-6-10(18)11-7-4-2-3-5-9(7)16-13(11)12(8)15(17)20/h2-5,8,12,16H,6H2,1H3/t8-,12-/m1/s1. The monoisotopic (exact) mass is 268 g/mol. The number of amides is 2. The lowest BCUT2D eigenvalue weighted by molar-refractivity contribution is -0.137. The average molecular weight is 268 g/mol. The Morgan fingerprint density at radius 2 is 1.90 bits per heavy atom. The fourth-order valence-corrected chi connectivity index (χ4v) is 3.41. The van der Waals surface area contributed by atoms with Crippen LogP contribution in [-0.4, -0.2) is 34.5 Å². The number of aromatic nitrogens is 1. The number of imide groups is 1. The van der Waals surface area contributed by atoms with Crippen molar-refractivity contribution in [3.8, 4) is 0 Å². The first-order chi connectivity index (χ1) is 9.59. The third-order valence-corrected chi connectivity index (χ3v) is 4.38. The summed E-state index contributed by atoms with van der Waals surface area (Å²) in [5.74, 6) is -1.61. The Morgan fingerprint density at radius 1 is 1.15 bits per heavy atom. The molecule has 0 spiro atoms. The van der Waals surface area contributed by atoms with Crippen molar-refractivity contribution in [2.45, 2.75) is 12.3 Å². The molecule has 1 aromatic heterocycles. The number of nitrogens with one attached hydrogen (secondary N) is 1. The van der Waals surface area contributed by atoms with Crippen LogP contribution in [0.3, 0.4) is 0 Å². The Bertz CT molecular complexity index is 790. The molecule has 2 atom stereocenters. The SMILES string of the molecule is CN1C(=O)[C@@H]2CC(=O)c3c([nH]c4ccccc34)[C@@H]2C1=O. The molecule has 1 aromatic carbocycles. The zero-order valence-electron chi connectivity index (χ0n) is 10.8. The maximum Gasteiger partial charge on any atom is 0.238 e. The summed E-state index contributed by atoms with van der Waals surface area (Å²) in [6.45, 7) is 0. The van der Waals surface area contributed by atoms with E-state index in [1.807, 2.05) is 24.3 Å². The number of fused-ring (bicyclic) bond motifs is 5. The summed E-state index contributed by atoms with van der Waals surface area (Å²) >= 11 is 0. The lowest BCUT2D eigenvalue weighted by atomic mass is 9.79. The number of likely N-dealkylation sites (N-methyl/N-ethyl adjacent to an activating group) is 1. The number of Topliss-reactive ketones (excluding diaryl/α,β-unsaturated/α-hetero) is 1. The van der Waals surface area contributed by atoms with E-state index in [2.05, 4.69) is 4.98 Å². The molecule has 1 N–H and O–H groups in total. The predicted octanol–water partition coefficient (Wildman–Crippen LogP) is 1.45. The first-order valence-corrected chi connectivity index (χ1v) is 6.55. The van der Waals surface area contributed by atoms with Crippen LogP contribution in [0.15, 0.2) is 24.3 Å². The predicted molar refractivity (Wildman–Crippen MR) is 71.3 cm³/mol. The number of rotatable bonds is 0. The number of carbonyl (C=O) groups is 3. The normalized spacial score (nSPS) is 25.2. The van der Waals surface area contributed by atoms with Crippen molar-refractivity contribution < 1.29 is 14.4 Å². The van der Waals surface area contributed by atoms with Gasteiger partial charge in [0.05, 0.1) is 11.8 Å². The van der Waals surface area contributed by atoms with Gasteiger partial charge in [0.1, 0.15) is 0 Å². The van der Waals surface area contributed by atoms with Gasteiger partial charge in [-0.1, -0.05) is 18.2 Å². The number of para-hydroxylation sites is 1. The second-order valence-corrected chi connectivity index (χ2v) is 5.41. The van der Waals surface area contributed by atoms with Crippen LogP contribution in [0.25, 0.3) is 10.9 Å². The van der Waals surface area contributed by atoms with Crippen LogP contribution >= 0.6 is 0 Å². The van der Waals surface area contributed by atoms with E-state index in [1.165, 1.54) is 7.05 Å². The van der Waals surface area contributed by atoms with E-state index in [0.717, 1.165) is 15.8 Å². The lowest BCUT2D eigenvalue weighted by Gasteiger charge is -2.20. The first-order valence-electron chi connectivity index (χ1n) is 6.55. The summed E-state index contributed by atoms with van der Waals surface area (Å²) in [6.07, 6.45) is 0.119. The third kappa shape index (κ3) is 1.20. The molecule has 1 saturated heterocycles. The molecule has 5 nitrogen and oxygen atoms in total. The fourth-order valence-electron chi connectivity index (χ4n) is 3.41. The number of hydrogen-bond donors (Lipinski definition) is 1. The van der Waals surface area contributed by atoms with Crippen LogP contribution in [0.1, 0.15) is 28.4 Å². The fraction of sp³-hybridized carbons (Fsp3) is 0.267. The number of hydrogen-bond acceptors (Lipinski definition) is 3. The summed E-state index contributed by atoms with van der Waals surface area (Å²) in [4.78, 5) is 41.0. The number of nitrogens with zero attached hydrogens (tertiary/aromatic N) is 1. The van der Waals surface area contributed by atoms with E-state index in [-0.39, 0.29) is 24.0 Å². The van der Waals surface area contributed by atoms with E-state index in [9.17, 15) is 14.4 Å². The number of benzene rings is 1. The van der Waals surface area contributed by atoms with Crippen molar-refractivity contribution in [1.82, 2.24) is 9.88 Å². The van der Waals surface area contributed by atoms with Crippen LogP contribution in [0.2, 0.25) is 0 Å². The zero-order valence-corrected chi connectivity index (χ0v) is 10.8. The Labute approximate surface area is 114 Å². The van der Waals surface area contributed by atoms with E-state index in [4.69, 9.17) is 0 Å². The van der Waals surface area contributed by atoms with E-state index >= 15 is 0 Å². The first kappa shape index (κ1) is 11.4. The molecule has 2 aliphatic rings. The minimum atomic E-state index is -0.541. The van der Waals surface area contributed by atoms with Crippen LogP contribution in [0.5, 0.6) is 0 Å². The quantitative estimate of drug-likeness (QED) is 0.735. The lowest BCUT2D eigenvalue weighted by Crippen LogP contribution is -2.27. The Hall–Kier alpha value is -2.43. The second-order valence-electron chi connectivity index (χ2n) is 5.41. The molecule has 0 unspecified atom stereocenters. The van der Waals surface area contributed by atoms with Crippen LogP contribution in [-0.2, 0) is 9.59 Å². The van der Waals surface area contributed by atoms with Gasteiger partial charge in [0.15, 0.2) is 5.78 Å². The molecule has 0 radical (unpaired) electrons. The zero-order chi connectivity index (χ0) is 14.0. The molecule has 20 heavy (non-hydrogen) atoms. The molecule has 0 saturated carbocycles. The third-order valence-electron chi connectivity index (χ3n) is 4.38. The van der Waals surface area contributed by atoms with E-state index in [0.29, 0.717) is 11.3 Å². The van der Waals surface area contributed by atoms with Gasteiger partial charge < -0.3 is 4.98 Å². The highest BCUT2D eigenvalue weighted by atomic mass is 16.2. The topological polar surface area (TPSA) is 70.2 Å². The molecule has 4 rings (SSSR count). The summed E-state index contributed by atoms with van der Waals surface area (Å²) < 4.78 is 0. The summed E-state index contributed by atoms with van der Waals surface area (Å²) in [6, 6.07) is 7.48. The van der Waals surface area contributed by atoms with E-state index in [1.54, 1.807) is 0 Å². The molecule has 2 amide bonds. The minimum Gasteiger partial charge on any atom is -0.357 e. The molecule has 2 heterocycles. The van der Waals surface area contributed by atoms with Gasteiger partial charge in [0.2, 0.25) is 11.8 Å². The van der Waals surface area contributed by atoms with Gasteiger partial charge >= 0.3 is 0 Å². The van der Waals surface area contributed by atoms with Crippen LogP contribution < -0.4 is 0 Å². The van der Waals surface area contributed by atoms with Crippen molar-refractivity contribution in [3.63, 3.8) is 0 Å². The van der Waals surface area contributed by atoms with Gasteiger partial charge in [-0.2, -0.15) is 0 Å². The van der Waals surface area contributed by atoms with Gasteiger partial charge in [0, 0.05) is 35.6 Å². The summed E-state index contributed by atoms with van der Waals surface area (Å²) in [5.41, 5.74) is 2.02. The highest BCUT2D eigenvalue weighted by Gasteiger charge is 2.52. The molecule has 5 heteroatoms. The van der Waals surface area contributed by atoms with Gasteiger partial charge in [0.25, 0.3) is 0 Å². The second kappa shape index (κ2) is 3.56. The van der Waals surface area contributed by atoms with Crippen LogP contribution in [0.4, 0.5) is 0 Å². The molecular weight excluding hydrogens is 256 g/mol.